The summed E-state index contributed by atoms with van der Waals surface area (Å²) in [5.74, 6) is 3.53. The van der Waals surface area contributed by atoms with E-state index in [1.54, 1.807) is 21.3 Å². The van der Waals surface area contributed by atoms with Gasteiger partial charge in [0.25, 0.3) is 0 Å². The molecule has 2 rings (SSSR count). The topological polar surface area (TPSA) is 27.7 Å². The van der Waals surface area contributed by atoms with Gasteiger partial charge in [-0.1, -0.05) is 0 Å². The van der Waals surface area contributed by atoms with Crippen LogP contribution in [0.2, 0.25) is 0 Å². The first-order chi connectivity index (χ1) is 10.5. The van der Waals surface area contributed by atoms with Crippen molar-refractivity contribution in [3.05, 3.63) is 49.3 Å². The zero-order chi connectivity index (χ0) is 16.5. The summed E-state index contributed by atoms with van der Waals surface area (Å²) in [6, 6.07) is 3.75. The van der Waals surface area contributed by atoms with E-state index in [0.717, 1.165) is 29.2 Å². The molecular formula is C15H17Cl3O3Ti+. The number of ether oxygens (including phenoxy) is 3. The zero-order valence-electron chi connectivity index (χ0n) is 12.5. The minimum atomic E-state index is -1.92. The SMILES string of the molecule is COc1cc(OC)c(C[C]2[CH][CH][CH][CH]2)c(OC)c1.[Cl][Ti+]([Cl])[Cl]. The average molecular weight is 400 g/mol. The molecule has 1 saturated carbocycles. The molecule has 1 fully saturated rings. The Morgan fingerprint density at radius 1 is 0.864 bits per heavy atom. The van der Waals surface area contributed by atoms with Gasteiger partial charge in [-0.2, -0.15) is 0 Å². The van der Waals surface area contributed by atoms with Gasteiger partial charge in [0, 0.05) is 17.7 Å². The average Bonchev–Trinajstić information content (AvgIpc) is 2.99. The molecule has 3 nitrogen and oxygen atoms in total. The molecule has 1 aliphatic carbocycles. The van der Waals surface area contributed by atoms with E-state index in [1.165, 1.54) is 5.92 Å². The van der Waals surface area contributed by atoms with Gasteiger partial charge in [-0.3, -0.25) is 0 Å². The first kappa shape index (κ1) is 20.2. The molecule has 1 aliphatic rings. The Bertz CT molecular complexity index is 424. The first-order valence-electron chi connectivity index (χ1n) is 6.34. The monoisotopic (exact) mass is 398 g/mol. The molecule has 0 aromatic heterocycles. The standard InChI is InChI=1S/C15H17O3.3ClH.Ti/c1-16-12-9-14(17-2)13(15(10-12)18-3)8-11-6-4-5-7-11;;;;/h4-7,9-10H,8H2,1-3H3;3*1H;/q;;;;+4/p-3. The fraction of sp³-hybridized carbons (Fsp3) is 0.267. The van der Waals surface area contributed by atoms with Crippen molar-refractivity contribution >= 4 is 27.9 Å². The molecule has 0 amide bonds. The van der Waals surface area contributed by atoms with Crippen LogP contribution in [0.4, 0.5) is 0 Å². The van der Waals surface area contributed by atoms with E-state index in [0.29, 0.717) is 0 Å². The molecule has 0 heterocycles. The van der Waals surface area contributed by atoms with E-state index in [1.807, 2.05) is 25.0 Å². The van der Waals surface area contributed by atoms with Crippen LogP contribution in [0.1, 0.15) is 5.56 Å². The van der Waals surface area contributed by atoms with Gasteiger partial charge in [0.05, 0.1) is 21.3 Å². The Labute approximate surface area is 150 Å². The number of halogens is 3. The summed E-state index contributed by atoms with van der Waals surface area (Å²) in [7, 11) is 19.9. The van der Waals surface area contributed by atoms with Gasteiger partial charge in [0.1, 0.15) is 17.2 Å². The van der Waals surface area contributed by atoms with Crippen LogP contribution >= 0.6 is 27.9 Å². The second-order valence-electron chi connectivity index (χ2n) is 4.19. The molecule has 7 heteroatoms. The Morgan fingerprint density at radius 2 is 1.32 bits per heavy atom. The Balaban J connectivity index is 0.000000541. The van der Waals surface area contributed by atoms with Crippen LogP contribution < -0.4 is 14.2 Å². The van der Waals surface area contributed by atoms with Crippen LogP contribution in [0.15, 0.2) is 12.1 Å². The maximum atomic E-state index is 5.42. The molecular weight excluding hydrogens is 382 g/mol. The molecule has 0 atom stereocenters. The molecule has 0 saturated heterocycles. The van der Waals surface area contributed by atoms with E-state index >= 15 is 0 Å². The van der Waals surface area contributed by atoms with Crippen molar-refractivity contribution in [3.8, 4) is 17.2 Å². The Morgan fingerprint density at radius 3 is 1.68 bits per heavy atom. The number of benzene rings is 1. The van der Waals surface area contributed by atoms with Crippen molar-refractivity contribution < 1.29 is 28.9 Å². The molecule has 119 valence electrons. The third-order valence-corrected chi connectivity index (χ3v) is 2.93. The number of methoxy groups -OCH3 is 3. The van der Waals surface area contributed by atoms with Crippen molar-refractivity contribution in [3.63, 3.8) is 0 Å². The number of hydrogen-bond donors (Lipinski definition) is 0. The van der Waals surface area contributed by atoms with E-state index in [4.69, 9.17) is 42.1 Å². The second-order valence-corrected chi connectivity index (χ2v) is 11.9. The van der Waals surface area contributed by atoms with Gasteiger partial charge in [0.2, 0.25) is 0 Å². The van der Waals surface area contributed by atoms with Gasteiger partial charge >= 0.3 is 42.6 Å². The van der Waals surface area contributed by atoms with Crippen molar-refractivity contribution in [2.24, 2.45) is 0 Å². The van der Waals surface area contributed by atoms with Crippen LogP contribution in [0.25, 0.3) is 0 Å². The van der Waals surface area contributed by atoms with Gasteiger partial charge in [-0.15, -0.1) is 0 Å². The van der Waals surface area contributed by atoms with E-state index in [2.05, 4.69) is 12.8 Å². The molecule has 0 unspecified atom stereocenters. The van der Waals surface area contributed by atoms with Crippen LogP contribution in [0.3, 0.4) is 0 Å². The molecule has 1 aromatic carbocycles. The summed E-state index contributed by atoms with van der Waals surface area (Å²) in [4.78, 5) is 0. The predicted octanol–water partition coefficient (Wildman–Crippen LogP) is 4.73. The first-order valence-corrected chi connectivity index (χ1v) is 12.8. The molecule has 0 spiro atoms. The summed E-state index contributed by atoms with van der Waals surface area (Å²) in [6.45, 7) is 0. The number of rotatable bonds is 5. The normalized spacial score (nSPS) is 14.1. The van der Waals surface area contributed by atoms with Gasteiger partial charge in [-0.25, -0.2) is 0 Å². The van der Waals surface area contributed by atoms with Crippen molar-refractivity contribution in [1.29, 1.82) is 0 Å². The van der Waals surface area contributed by atoms with Crippen LogP contribution in [0, 0.1) is 31.6 Å². The van der Waals surface area contributed by atoms with Crippen LogP contribution in [-0.2, 0) is 21.1 Å². The predicted molar refractivity (Wildman–Crippen MR) is 87.8 cm³/mol. The molecule has 1 aromatic rings. The molecule has 5 radical (unpaired) electrons. The summed E-state index contributed by atoms with van der Waals surface area (Å²) in [5, 5.41) is 0. The minimum absolute atomic E-state index is 0.731. The summed E-state index contributed by atoms with van der Waals surface area (Å²) in [5.41, 5.74) is 1.03. The van der Waals surface area contributed by atoms with Gasteiger partial charge < -0.3 is 14.2 Å². The van der Waals surface area contributed by atoms with E-state index in [-0.39, 0.29) is 0 Å². The molecule has 0 aliphatic heterocycles. The Kier molecular flexibility index (Phi) is 10.0. The summed E-state index contributed by atoms with van der Waals surface area (Å²) in [6.07, 6.45) is 9.01. The zero-order valence-corrected chi connectivity index (χ0v) is 16.4. The fourth-order valence-electron chi connectivity index (χ4n) is 1.99. The second kappa shape index (κ2) is 10.9. The van der Waals surface area contributed by atoms with Gasteiger partial charge in [0.15, 0.2) is 0 Å². The third-order valence-electron chi connectivity index (χ3n) is 2.93. The molecule has 0 bridgehead atoms. The molecule has 0 N–H and O–H groups in total. The van der Waals surface area contributed by atoms with E-state index in [9.17, 15) is 0 Å². The van der Waals surface area contributed by atoms with Crippen molar-refractivity contribution in [2.45, 2.75) is 6.42 Å². The summed E-state index contributed by atoms with van der Waals surface area (Å²) >= 11 is -1.92. The third kappa shape index (κ3) is 6.76. The van der Waals surface area contributed by atoms with Crippen molar-refractivity contribution in [1.82, 2.24) is 0 Å². The quantitative estimate of drug-likeness (QED) is 0.670. The van der Waals surface area contributed by atoms with E-state index < -0.39 is 14.7 Å². The number of hydrogen-bond acceptors (Lipinski definition) is 3. The van der Waals surface area contributed by atoms with Gasteiger partial charge in [-0.05, 0) is 38.0 Å². The van der Waals surface area contributed by atoms with Crippen molar-refractivity contribution in [2.75, 3.05) is 21.3 Å². The summed E-state index contributed by atoms with van der Waals surface area (Å²) < 4.78 is 16.1. The molecule has 22 heavy (non-hydrogen) atoms. The van der Waals surface area contributed by atoms with Crippen LogP contribution in [-0.4, -0.2) is 21.3 Å². The fourth-order valence-corrected chi connectivity index (χ4v) is 1.99. The Hall–Kier alpha value is 0.204. The van der Waals surface area contributed by atoms with Crippen LogP contribution in [0.5, 0.6) is 17.2 Å². The maximum absolute atomic E-state index is 5.42.